The molecule has 4 aromatic heterocycles. The van der Waals surface area contributed by atoms with Gasteiger partial charge in [-0.3, -0.25) is 9.59 Å². The molecule has 12 nitrogen and oxygen atoms in total. The van der Waals surface area contributed by atoms with Crippen LogP contribution < -0.4 is 31.4 Å². The predicted molar refractivity (Wildman–Crippen MR) is 204 cm³/mol. The van der Waals surface area contributed by atoms with Crippen LogP contribution in [0.3, 0.4) is 0 Å². The quantitative estimate of drug-likeness (QED) is 0.0962. The van der Waals surface area contributed by atoms with Crippen molar-refractivity contribution in [1.29, 1.82) is 0 Å². The molecule has 13 heteroatoms. The average Bonchev–Trinajstić information content (AvgIpc) is 4.01. The van der Waals surface area contributed by atoms with Gasteiger partial charge in [-0.05, 0) is 119 Å². The Bertz CT molecular complexity index is 3160. The summed E-state index contributed by atoms with van der Waals surface area (Å²) in [7, 11) is 0. The van der Waals surface area contributed by atoms with E-state index in [4.69, 9.17) is 9.97 Å². The van der Waals surface area contributed by atoms with Gasteiger partial charge in [0.2, 0.25) is 0 Å². The van der Waals surface area contributed by atoms with Crippen LogP contribution in [0, 0.1) is 0 Å². The Kier molecular flexibility index (Phi) is 8.87. The van der Waals surface area contributed by atoms with Gasteiger partial charge in [-0.25, -0.2) is 0 Å². The van der Waals surface area contributed by atoms with E-state index in [9.17, 15) is 40.2 Å². The molecule has 0 saturated carbocycles. The third-order valence-electron chi connectivity index (χ3n) is 9.72. The van der Waals surface area contributed by atoms with E-state index in [1.54, 1.807) is 48.5 Å². The molecule has 9 rings (SSSR count). The van der Waals surface area contributed by atoms with Crippen LogP contribution in [0.1, 0.15) is 39.5 Å². The minimum Gasteiger partial charge on any atom is -0.657 e. The van der Waals surface area contributed by atoms with Crippen LogP contribution in [-0.4, -0.2) is 52.2 Å². The fourth-order valence-corrected chi connectivity index (χ4v) is 7.22. The molecule has 3 aromatic carbocycles. The first-order chi connectivity index (χ1) is 27.0. The van der Waals surface area contributed by atoms with Crippen LogP contribution in [-0.2, 0) is 26.4 Å². The number of aromatic nitrogens is 4. The molecular formula is C44H28CoN4O8. The first-order valence-corrected chi connectivity index (χ1v) is 17.2. The van der Waals surface area contributed by atoms with E-state index in [1.165, 1.54) is 72.8 Å². The number of fused-ring (bicyclic) bond motifs is 8. The summed E-state index contributed by atoms with van der Waals surface area (Å²) in [6, 6.07) is 25.9. The summed E-state index contributed by atoms with van der Waals surface area (Å²) >= 11 is 0. The number of phenols is 6. The van der Waals surface area contributed by atoms with Crippen molar-refractivity contribution in [3.05, 3.63) is 188 Å². The summed E-state index contributed by atoms with van der Waals surface area (Å²) in [4.78, 5) is 42.9. The van der Waals surface area contributed by atoms with Crippen LogP contribution in [0.2, 0.25) is 0 Å². The van der Waals surface area contributed by atoms with Crippen LogP contribution >= 0.6 is 0 Å². The summed E-state index contributed by atoms with van der Waals surface area (Å²) in [5.41, 5.74) is 3.78. The van der Waals surface area contributed by atoms with Gasteiger partial charge < -0.3 is 50.6 Å². The molecule has 0 amide bonds. The Morgan fingerprint density at radius 1 is 0.421 bits per heavy atom. The topological polar surface area (TPSA) is 215 Å². The molecule has 1 aliphatic heterocycles. The van der Waals surface area contributed by atoms with Crippen molar-refractivity contribution in [3.8, 4) is 34.5 Å². The fraction of sp³-hybridized carbons (Fsp3) is 0. The number of hydrogen-bond donors (Lipinski definition) is 8. The molecule has 2 aliphatic rings. The largest absolute Gasteiger partial charge is 2.00 e. The van der Waals surface area contributed by atoms with Gasteiger partial charge in [0.15, 0.2) is 11.6 Å². The first kappa shape index (κ1) is 36.4. The molecular weight excluding hydrogens is 771 g/mol. The molecule has 5 heterocycles. The number of H-pyrrole nitrogens is 2. The minimum absolute atomic E-state index is 0. The second-order valence-electron chi connectivity index (χ2n) is 13.3. The molecule has 0 fully saturated rings. The zero-order valence-electron chi connectivity index (χ0n) is 29.3. The van der Waals surface area contributed by atoms with Crippen molar-refractivity contribution >= 4 is 33.9 Å². The molecule has 8 bridgehead atoms. The van der Waals surface area contributed by atoms with Crippen molar-refractivity contribution in [1.82, 2.24) is 19.9 Å². The molecule has 0 saturated heterocycles. The van der Waals surface area contributed by atoms with E-state index in [1.807, 2.05) is 0 Å². The maximum Gasteiger partial charge on any atom is 2.00 e. The zero-order chi connectivity index (χ0) is 38.8. The van der Waals surface area contributed by atoms with Gasteiger partial charge in [0.25, 0.3) is 0 Å². The van der Waals surface area contributed by atoms with Gasteiger partial charge in [0.05, 0.1) is 0 Å². The summed E-state index contributed by atoms with van der Waals surface area (Å²) in [6.45, 7) is 0. The first-order valence-electron chi connectivity index (χ1n) is 17.2. The molecule has 1 radical (unpaired) electrons. The van der Waals surface area contributed by atoms with E-state index >= 15 is 0 Å². The number of carbonyl (C=O) groups is 2. The number of ketones is 2. The number of rotatable bonds is 4. The molecule has 7 aromatic rings. The van der Waals surface area contributed by atoms with Crippen molar-refractivity contribution < 1.29 is 57.0 Å². The Labute approximate surface area is 332 Å². The number of allylic oxidation sites excluding steroid dienone is 4. The van der Waals surface area contributed by atoms with Gasteiger partial charge in [0.1, 0.15) is 34.5 Å². The molecule has 1 aliphatic carbocycles. The number of nitrogens with one attached hydrogen (secondary N) is 2. The average molecular weight is 800 g/mol. The molecule has 57 heavy (non-hydrogen) atoms. The molecule has 0 unspecified atom stereocenters. The van der Waals surface area contributed by atoms with Crippen LogP contribution in [0.15, 0.2) is 127 Å². The molecule has 8 N–H and O–H groups in total. The predicted octanol–water partition coefficient (Wildman–Crippen LogP) is 2.38. The normalized spacial score (nSPS) is 17.6. The van der Waals surface area contributed by atoms with E-state index < -0.39 is 11.6 Å². The third kappa shape index (κ3) is 6.32. The second kappa shape index (κ2) is 13.9. The second-order valence-corrected chi connectivity index (χ2v) is 13.3. The number of aromatic amines is 2. The number of benzene rings is 3. The van der Waals surface area contributed by atoms with Crippen LogP contribution in [0.4, 0.5) is 0 Å². The molecule has 0 spiro atoms. The minimum atomic E-state index is -0.436. The summed E-state index contributed by atoms with van der Waals surface area (Å²) < 4.78 is 0. The van der Waals surface area contributed by atoms with E-state index in [0.29, 0.717) is 60.9 Å². The van der Waals surface area contributed by atoms with Gasteiger partial charge in [-0.2, -0.15) is 0 Å². The van der Waals surface area contributed by atoms with Gasteiger partial charge >= 0.3 is 16.8 Å². The fourth-order valence-electron chi connectivity index (χ4n) is 7.22. The van der Waals surface area contributed by atoms with Crippen LogP contribution in [0.5, 0.6) is 34.5 Å². The Balaban J connectivity index is 0.00000455. The van der Waals surface area contributed by atoms with Crippen molar-refractivity contribution in [2.45, 2.75) is 0 Å². The maximum absolute atomic E-state index is 13.5. The molecule has 281 valence electrons. The number of hydrogen-bond acceptors (Lipinski definition) is 8. The van der Waals surface area contributed by atoms with Crippen molar-refractivity contribution in [2.24, 2.45) is 0 Å². The maximum atomic E-state index is 13.5. The van der Waals surface area contributed by atoms with Crippen LogP contribution in [0.25, 0.3) is 22.3 Å². The van der Waals surface area contributed by atoms with E-state index in [-0.39, 0.29) is 79.1 Å². The third-order valence-corrected chi connectivity index (χ3v) is 9.72. The number of phenolic OH excluding ortho intramolecular Hbond substituents is 6. The van der Waals surface area contributed by atoms with Gasteiger partial charge in [-0.1, -0.05) is 24.3 Å². The standard InChI is InChI=1S/C44H30N4O8.Co/c49-21-1-13-37(53)25(17-21)41-29-5-7-31(45-29)42(26-18-22(50)2-14-38(26)54)33-9-11-35(47-33)44(28-20-24(52)4-16-40(28)56)36-12-10-34(48-36)43(32-8-6-30(41)46-32)27-19-23(51)3-15-39(27)55;/h1-20H,(H10,45,46,47,48,49,50,51,52,53,54,55,56);/q;+2/p-2/b41-29-,41-30?,42-31-,42-33?,43-32?,43-34-,44-35?,44-36-;. The summed E-state index contributed by atoms with van der Waals surface area (Å²) in [5.74, 6) is -1.69. The smallest absolute Gasteiger partial charge is 0.657 e. The SMILES string of the molecule is O=C1C=CC(=O)C(/C2=c3\cc/c([n-]3)=C(\c3cc(O)ccc3O)c3ccc([nH]3)/C(c3cc(O)ccc3O)=c3/cc/c([n-]3)=C(\c3cc(O)ccc3O)c3ccc2[nH]3)=C1.[Co+2]. The van der Waals surface area contributed by atoms with E-state index in [0.717, 1.165) is 0 Å². The summed E-state index contributed by atoms with van der Waals surface area (Å²) in [6.07, 6.45) is 3.61. The zero-order valence-corrected chi connectivity index (χ0v) is 30.3. The van der Waals surface area contributed by atoms with Gasteiger partial charge in [-0.15, -0.1) is 21.4 Å². The Morgan fingerprint density at radius 2 is 0.772 bits per heavy atom. The van der Waals surface area contributed by atoms with Crippen molar-refractivity contribution in [3.63, 3.8) is 0 Å². The van der Waals surface area contributed by atoms with E-state index in [2.05, 4.69) is 9.97 Å². The summed E-state index contributed by atoms with van der Waals surface area (Å²) in [5, 5.41) is 66.5. The number of carbonyl (C=O) groups excluding carboxylic acids is 2. The van der Waals surface area contributed by atoms with Gasteiger partial charge in [0, 0.05) is 45.0 Å². The monoisotopic (exact) mass is 799 g/mol. The molecule has 0 atom stereocenters. The number of nitrogens with zero attached hydrogens (tertiary/aromatic N) is 2. The number of aromatic hydroxyl groups is 6. The van der Waals surface area contributed by atoms with Crippen molar-refractivity contribution in [2.75, 3.05) is 0 Å². The Morgan fingerprint density at radius 3 is 1.16 bits per heavy atom. The Hall–Kier alpha value is -7.61.